The molecule has 3 aromatic rings. The average Bonchev–Trinajstić information content (AvgIpc) is 3.22. The highest BCUT2D eigenvalue weighted by molar-refractivity contribution is 9.10. The third-order valence-corrected chi connectivity index (χ3v) is 4.22. The molecule has 5 nitrogen and oxygen atoms in total. The summed E-state index contributed by atoms with van der Waals surface area (Å²) in [4.78, 5) is 4.18. The minimum atomic E-state index is 0.223. The van der Waals surface area contributed by atoms with Crippen molar-refractivity contribution in [3.63, 3.8) is 0 Å². The third-order valence-electron chi connectivity index (χ3n) is 3.79. The first kappa shape index (κ1) is 16.3. The van der Waals surface area contributed by atoms with Crippen LogP contribution in [0.2, 0.25) is 0 Å². The quantitative estimate of drug-likeness (QED) is 0.632. The van der Waals surface area contributed by atoms with Gasteiger partial charge >= 0.3 is 0 Å². The molecule has 0 radical (unpaired) electrons. The number of rotatable bonds is 6. The van der Waals surface area contributed by atoms with E-state index < -0.39 is 0 Å². The molecule has 1 aromatic carbocycles. The van der Waals surface area contributed by atoms with E-state index in [4.69, 9.17) is 8.83 Å². The van der Waals surface area contributed by atoms with Crippen molar-refractivity contribution in [3.8, 4) is 17.7 Å². The van der Waals surface area contributed by atoms with Gasteiger partial charge in [-0.05, 0) is 40.0 Å². The van der Waals surface area contributed by atoms with Crippen molar-refractivity contribution >= 4 is 21.8 Å². The molecule has 2 heterocycles. The second kappa shape index (κ2) is 7.37. The summed E-state index contributed by atoms with van der Waals surface area (Å²) >= 11 is 3.24. The van der Waals surface area contributed by atoms with E-state index in [-0.39, 0.29) is 11.6 Å². The molecule has 0 aliphatic carbocycles. The zero-order valence-corrected chi connectivity index (χ0v) is 14.7. The normalized spacial score (nSPS) is 11.9. The predicted octanol–water partition coefficient (Wildman–Crippen LogP) is 5.17. The van der Waals surface area contributed by atoms with Gasteiger partial charge in [0.15, 0.2) is 10.4 Å². The Hall–Kier alpha value is -2.52. The molecule has 0 bridgehead atoms. The molecule has 6 heteroatoms. The van der Waals surface area contributed by atoms with Gasteiger partial charge in [0.05, 0.1) is 0 Å². The van der Waals surface area contributed by atoms with Gasteiger partial charge in [0.1, 0.15) is 6.07 Å². The van der Waals surface area contributed by atoms with Crippen LogP contribution < -0.4 is 5.32 Å². The fourth-order valence-corrected chi connectivity index (χ4v) is 2.80. The SMILES string of the molecule is CC[C@H](CNc1oc(-c2ccc(Br)o2)nc1C#N)c1ccccc1. The van der Waals surface area contributed by atoms with Crippen LogP contribution in [0.4, 0.5) is 5.88 Å². The monoisotopic (exact) mass is 385 g/mol. The number of benzene rings is 1. The summed E-state index contributed by atoms with van der Waals surface area (Å²) in [5.41, 5.74) is 1.47. The van der Waals surface area contributed by atoms with E-state index in [1.807, 2.05) is 18.2 Å². The summed E-state index contributed by atoms with van der Waals surface area (Å²) < 4.78 is 11.7. The van der Waals surface area contributed by atoms with Crippen molar-refractivity contribution in [2.75, 3.05) is 11.9 Å². The van der Waals surface area contributed by atoms with E-state index in [0.29, 0.717) is 28.8 Å². The molecular formula is C18H16BrN3O2. The number of nitrogens with zero attached hydrogens (tertiary/aromatic N) is 2. The molecule has 122 valence electrons. The maximum atomic E-state index is 9.27. The van der Waals surface area contributed by atoms with Crippen LogP contribution in [0.3, 0.4) is 0 Å². The molecule has 0 saturated heterocycles. The molecule has 24 heavy (non-hydrogen) atoms. The Morgan fingerprint density at radius 1 is 1.21 bits per heavy atom. The first-order chi connectivity index (χ1) is 11.7. The number of oxazole rings is 1. The van der Waals surface area contributed by atoms with Gasteiger partial charge in [0.2, 0.25) is 11.6 Å². The van der Waals surface area contributed by atoms with Crippen LogP contribution in [-0.4, -0.2) is 11.5 Å². The molecular weight excluding hydrogens is 370 g/mol. The first-order valence-corrected chi connectivity index (χ1v) is 8.46. The lowest BCUT2D eigenvalue weighted by Gasteiger charge is -2.15. The summed E-state index contributed by atoms with van der Waals surface area (Å²) in [6.45, 7) is 2.79. The topological polar surface area (TPSA) is 75.0 Å². The van der Waals surface area contributed by atoms with Crippen LogP contribution in [-0.2, 0) is 0 Å². The molecule has 0 saturated carbocycles. The van der Waals surface area contributed by atoms with Gasteiger partial charge < -0.3 is 14.2 Å². The summed E-state index contributed by atoms with van der Waals surface area (Å²) in [7, 11) is 0. The molecule has 1 atom stereocenters. The fourth-order valence-electron chi connectivity index (χ4n) is 2.49. The van der Waals surface area contributed by atoms with Crippen LogP contribution in [0.5, 0.6) is 0 Å². The van der Waals surface area contributed by atoms with E-state index in [2.05, 4.69) is 51.4 Å². The Kier molecular flexibility index (Phi) is 5.02. The lowest BCUT2D eigenvalue weighted by Crippen LogP contribution is -2.12. The van der Waals surface area contributed by atoms with Crippen molar-refractivity contribution in [1.29, 1.82) is 5.26 Å². The molecule has 0 aliphatic heterocycles. The van der Waals surface area contributed by atoms with Gasteiger partial charge in [-0.3, -0.25) is 0 Å². The van der Waals surface area contributed by atoms with E-state index >= 15 is 0 Å². The molecule has 0 spiro atoms. The average molecular weight is 386 g/mol. The molecule has 3 rings (SSSR count). The Bertz CT molecular complexity index is 849. The van der Waals surface area contributed by atoms with Crippen molar-refractivity contribution in [2.24, 2.45) is 0 Å². The number of hydrogen-bond acceptors (Lipinski definition) is 5. The standard InChI is InChI=1S/C18H16BrN3O2/c1-2-12(13-6-4-3-5-7-13)11-21-17-14(10-20)22-18(24-17)15-8-9-16(19)23-15/h3-9,12,21H,2,11H2,1H3/t12-/m1/s1. The van der Waals surface area contributed by atoms with Crippen molar-refractivity contribution in [1.82, 2.24) is 4.98 Å². The highest BCUT2D eigenvalue weighted by Gasteiger charge is 2.18. The van der Waals surface area contributed by atoms with Crippen LogP contribution in [0.1, 0.15) is 30.5 Å². The summed E-state index contributed by atoms with van der Waals surface area (Å²) in [5.74, 6) is 1.45. The van der Waals surface area contributed by atoms with Crippen molar-refractivity contribution in [2.45, 2.75) is 19.3 Å². The smallest absolute Gasteiger partial charge is 0.266 e. The molecule has 2 aromatic heterocycles. The van der Waals surface area contributed by atoms with Crippen LogP contribution >= 0.6 is 15.9 Å². The predicted molar refractivity (Wildman–Crippen MR) is 94.6 cm³/mol. The number of nitrogens with one attached hydrogen (secondary N) is 1. The lowest BCUT2D eigenvalue weighted by molar-refractivity contribution is 0.508. The highest BCUT2D eigenvalue weighted by atomic mass is 79.9. The number of aromatic nitrogens is 1. The summed E-state index contributed by atoms with van der Waals surface area (Å²) in [6.07, 6.45) is 0.977. The maximum absolute atomic E-state index is 9.27. The largest absolute Gasteiger partial charge is 0.444 e. The van der Waals surface area contributed by atoms with Gasteiger partial charge in [-0.15, -0.1) is 0 Å². The fraction of sp³-hybridized carbons (Fsp3) is 0.222. The zero-order chi connectivity index (χ0) is 16.9. The number of hydrogen-bond donors (Lipinski definition) is 1. The summed E-state index contributed by atoms with van der Waals surface area (Å²) in [6, 6.07) is 15.8. The van der Waals surface area contributed by atoms with Gasteiger partial charge in [-0.25, -0.2) is 0 Å². The lowest BCUT2D eigenvalue weighted by atomic mass is 9.96. The van der Waals surface area contributed by atoms with Crippen LogP contribution in [0, 0.1) is 11.3 Å². The Morgan fingerprint density at radius 3 is 2.62 bits per heavy atom. The zero-order valence-electron chi connectivity index (χ0n) is 13.1. The number of anilines is 1. The van der Waals surface area contributed by atoms with Gasteiger partial charge in [-0.2, -0.15) is 10.2 Å². The highest BCUT2D eigenvalue weighted by Crippen LogP contribution is 2.29. The number of nitriles is 1. The second-order valence-corrected chi connectivity index (χ2v) is 6.09. The summed E-state index contributed by atoms with van der Waals surface area (Å²) in [5, 5.41) is 12.5. The van der Waals surface area contributed by atoms with Crippen molar-refractivity contribution in [3.05, 3.63) is 58.4 Å². The van der Waals surface area contributed by atoms with Crippen LogP contribution in [0.15, 0.2) is 56.0 Å². The molecule has 0 unspecified atom stereocenters. The molecule has 1 N–H and O–H groups in total. The Labute approximate surface area is 148 Å². The first-order valence-electron chi connectivity index (χ1n) is 7.66. The van der Waals surface area contributed by atoms with E-state index in [1.54, 1.807) is 12.1 Å². The number of halogens is 1. The second-order valence-electron chi connectivity index (χ2n) is 5.31. The Balaban J connectivity index is 1.77. The molecule has 0 amide bonds. The minimum Gasteiger partial charge on any atom is -0.444 e. The van der Waals surface area contributed by atoms with Gasteiger partial charge in [0, 0.05) is 12.5 Å². The maximum Gasteiger partial charge on any atom is 0.266 e. The van der Waals surface area contributed by atoms with E-state index in [1.165, 1.54) is 5.56 Å². The third kappa shape index (κ3) is 3.52. The van der Waals surface area contributed by atoms with E-state index in [0.717, 1.165) is 6.42 Å². The minimum absolute atomic E-state index is 0.223. The van der Waals surface area contributed by atoms with Crippen LogP contribution in [0.25, 0.3) is 11.7 Å². The molecule has 0 aliphatic rings. The van der Waals surface area contributed by atoms with Gasteiger partial charge in [-0.1, -0.05) is 37.3 Å². The number of furan rings is 1. The molecule has 0 fully saturated rings. The van der Waals surface area contributed by atoms with Gasteiger partial charge in [0.25, 0.3) is 5.89 Å². The van der Waals surface area contributed by atoms with Crippen molar-refractivity contribution < 1.29 is 8.83 Å². The van der Waals surface area contributed by atoms with E-state index in [9.17, 15) is 5.26 Å². The Morgan fingerprint density at radius 2 is 2.00 bits per heavy atom.